The fourth-order valence-electron chi connectivity index (χ4n) is 2.29. The van der Waals surface area contributed by atoms with Gasteiger partial charge in [-0.05, 0) is 44.2 Å². The van der Waals surface area contributed by atoms with Crippen molar-refractivity contribution in [1.82, 2.24) is 4.90 Å². The van der Waals surface area contributed by atoms with E-state index in [0.29, 0.717) is 12.0 Å². The monoisotopic (exact) mass is 212 g/mol. The van der Waals surface area contributed by atoms with Gasteiger partial charge in [0.15, 0.2) is 0 Å². The van der Waals surface area contributed by atoms with Crippen LogP contribution in [0.5, 0.6) is 0 Å². The highest BCUT2D eigenvalue weighted by atomic mass is 15.1. The van der Waals surface area contributed by atoms with Crippen LogP contribution < -0.4 is 5.73 Å². The molecule has 1 saturated heterocycles. The molecule has 3 unspecified atom stereocenters. The Bertz CT molecular complexity index is 170. The Morgan fingerprint density at radius 2 is 2.07 bits per heavy atom. The molecule has 90 valence electrons. The molecule has 0 radical (unpaired) electrons. The molecule has 2 nitrogen and oxygen atoms in total. The number of nitrogens with zero attached hydrogens (tertiary/aromatic N) is 1. The third-order valence-corrected chi connectivity index (χ3v) is 3.95. The lowest BCUT2D eigenvalue weighted by Crippen LogP contribution is -2.41. The first-order chi connectivity index (χ1) is 7.13. The van der Waals surface area contributed by atoms with E-state index in [2.05, 4.69) is 25.7 Å². The lowest BCUT2D eigenvalue weighted by atomic mass is 9.99. The van der Waals surface area contributed by atoms with Gasteiger partial charge in [0.2, 0.25) is 0 Å². The van der Waals surface area contributed by atoms with E-state index in [9.17, 15) is 0 Å². The van der Waals surface area contributed by atoms with Crippen LogP contribution >= 0.6 is 0 Å². The smallest absolute Gasteiger partial charge is 0.0193 e. The highest BCUT2D eigenvalue weighted by Gasteiger charge is 2.18. The maximum atomic E-state index is 6.20. The molecular weight excluding hydrogens is 184 g/mol. The highest BCUT2D eigenvalue weighted by Crippen LogP contribution is 2.17. The minimum atomic E-state index is 0.364. The van der Waals surface area contributed by atoms with Gasteiger partial charge in [-0.3, -0.25) is 0 Å². The first kappa shape index (κ1) is 13.0. The zero-order valence-electron chi connectivity index (χ0n) is 10.7. The van der Waals surface area contributed by atoms with Gasteiger partial charge in [-0.25, -0.2) is 0 Å². The molecule has 0 saturated carbocycles. The Morgan fingerprint density at radius 1 is 1.33 bits per heavy atom. The molecule has 1 aliphatic rings. The summed E-state index contributed by atoms with van der Waals surface area (Å²) in [5.74, 6) is 1.57. The topological polar surface area (TPSA) is 29.3 Å². The van der Waals surface area contributed by atoms with Crippen molar-refractivity contribution in [2.24, 2.45) is 17.6 Å². The van der Waals surface area contributed by atoms with Crippen LogP contribution in [0.1, 0.15) is 46.5 Å². The summed E-state index contributed by atoms with van der Waals surface area (Å²) in [6, 6.07) is 0.364. The van der Waals surface area contributed by atoms with Gasteiger partial charge in [-0.2, -0.15) is 0 Å². The number of nitrogens with two attached hydrogens (primary N) is 1. The number of hydrogen-bond donors (Lipinski definition) is 1. The summed E-state index contributed by atoms with van der Waals surface area (Å²) in [6.45, 7) is 10.5. The Labute approximate surface area is 95.2 Å². The van der Waals surface area contributed by atoms with Crippen LogP contribution in [0.15, 0.2) is 0 Å². The average Bonchev–Trinajstić information content (AvgIpc) is 2.42. The van der Waals surface area contributed by atoms with E-state index in [1.165, 1.54) is 38.8 Å². The molecule has 0 bridgehead atoms. The van der Waals surface area contributed by atoms with Crippen LogP contribution in [0, 0.1) is 11.8 Å². The fourth-order valence-corrected chi connectivity index (χ4v) is 2.29. The van der Waals surface area contributed by atoms with Crippen LogP contribution in [-0.4, -0.2) is 30.6 Å². The van der Waals surface area contributed by atoms with Crippen LogP contribution in [0.3, 0.4) is 0 Å². The summed E-state index contributed by atoms with van der Waals surface area (Å²) in [7, 11) is 0. The third-order valence-electron chi connectivity index (χ3n) is 3.95. The lowest BCUT2D eigenvalue weighted by Gasteiger charge is -2.27. The number of hydrogen-bond acceptors (Lipinski definition) is 2. The maximum absolute atomic E-state index is 6.20. The molecule has 0 spiro atoms. The Balaban J connectivity index is 2.30. The standard InChI is InChI=1S/C13H28N2/c1-4-12(3)13(14)10-15-8-5-6-11(2)7-9-15/h11-13H,4-10,14H2,1-3H3. The van der Waals surface area contributed by atoms with Crippen LogP contribution in [0.2, 0.25) is 0 Å². The summed E-state index contributed by atoms with van der Waals surface area (Å²) in [6.07, 6.45) is 5.31. The zero-order valence-corrected chi connectivity index (χ0v) is 10.7. The first-order valence-corrected chi connectivity index (χ1v) is 6.61. The van der Waals surface area contributed by atoms with Crippen molar-refractivity contribution in [3.8, 4) is 0 Å². The second-order valence-electron chi connectivity index (χ2n) is 5.39. The van der Waals surface area contributed by atoms with E-state index in [-0.39, 0.29) is 0 Å². The van der Waals surface area contributed by atoms with E-state index in [1.807, 2.05) is 0 Å². The molecule has 0 aromatic rings. The predicted molar refractivity (Wildman–Crippen MR) is 66.9 cm³/mol. The van der Waals surface area contributed by atoms with Gasteiger partial charge < -0.3 is 10.6 Å². The van der Waals surface area contributed by atoms with Gasteiger partial charge in [-0.1, -0.05) is 27.2 Å². The predicted octanol–water partition coefficient (Wildman–Crippen LogP) is 2.48. The van der Waals surface area contributed by atoms with Crippen molar-refractivity contribution in [2.75, 3.05) is 19.6 Å². The first-order valence-electron chi connectivity index (χ1n) is 6.61. The Morgan fingerprint density at radius 3 is 2.73 bits per heavy atom. The molecule has 1 fully saturated rings. The summed E-state index contributed by atoms with van der Waals surface area (Å²) in [4.78, 5) is 2.57. The van der Waals surface area contributed by atoms with Crippen molar-refractivity contribution in [2.45, 2.75) is 52.5 Å². The van der Waals surface area contributed by atoms with E-state index in [4.69, 9.17) is 5.73 Å². The lowest BCUT2D eigenvalue weighted by molar-refractivity contribution is 0.237. The van der Waals surface area contributed by atoms with Gasteiger partial charge in [0.05, 0.1) is 0 Å². The molecule has 0 aromatic heterocycles. The molecule has 1 heterocycles. The second kappa shape index (κ2) is 6.49. The van der Waals surface area contributed by atoms with Crippen molar-refractivity contribution in [3.63, 3.8) is 0 Å². The van der Waals surface area contributed by atoms with Gasteiger partial charge in [0.1, 0.15) is 0 Å². The molecule has 1 rings (SSSR count). The number of rotatable bonds is 4. The Hall–Kier alpha value is -0.0800. The fraction of sp³-hybridized carbons (Fsp3) is 1.00. The molecule has 3 atom stereocenters. The van der Waals surface area contributed by atoms with Crippen molar-refractivity contribution in [3.05, 3.63) is 0 Å². The maximum Gasteiger partial charge on any atom is 0.0193 e. The van der Waals surface area contributed by atoms with Gasteiger partial charge >= 0.3 is 0 Å². The summed E-state index contributed by atoms with van der Waals surface area (Å²) < 4.78 is 0. The van der Waals surface area contributed by atoms with Gasteiger partial charge in [0.25, 0.3) is 0 Å². The molecule has 0 aromatic carbocycles. The van der Waals surface area contributed by atoms with Crippen LogP contribution in [-0.2, 0) is 0 Å². The van der Waals surface area contributed by atoms with E-state index >= 15 is 0 Å². The third kappa shape index (κ3) is 4.52. The van der Waals surface area contributed by atoms with Crippen molar-refractivity contribution < 1.29 is 0 Å². The molecule has 15 heavy (non-hydrogen) atoms. The van der Waals surface area contributed by atoms with Crippen molar-refractivity contribution >= 4 is 0 Å². The second-order valence-corrected chi connectivity index (χ2v) is 5.39. The minimum Gasteiger partial charge on any atom is -0.326 e. The van der Waals surface area contributed by atoms with Gasteiger partial charge in [0, 0.05) is 12.6 Å². The van der Waals surface area contributed by atoms with Gasteiger partial charge in [-0.15, -0.1) is 0 Å². The molecule has 0 aliphatic carbocycles. The molecular formula is C13H28N2. The highest BCUT2D eigenvalue weighted by molar-refractivity contribution is 4.75. The van der Waals surface area contributed by atoms with E-state index < -0.39 is 0 Å². The van der Waals surface area contributed by atoms with Crippen LogP contribution in [0.4, 0.5) is 0 Å². The normalized spacial score (nSPS) is 28.4. The molecule has 2 heteroatoms. The largest absolute Gasteiger partial charge is 0.326 e. The molecule has 2 N–H and O–H groups in total. The molecule has 1 aliphatic heterocycles. The summed E-state index contributed by atoms with van der Waals surface area (Å²) in [5, 5.41) is 0. The summed E-state index contributed by atoms with van der Waals surface area (Å²) >= 11 is 0. The zero-order chi connectivity index (χ0) is 11.3. The number of likely N-dealkylation sites (tertiary alicyclic amines) is 1. The SMILES string of the molecule is CCC(C)C(N)CN1CCCC(C)CC1. The van der Waals surface area contributed by atoms with Crippen molar-refractivity contribution in [1.29, 1.82) is 0 Å². The minimum absolute atomic E-state index is 0.364. The average molecular weight is 212 g/mol. The van der Waals surface area contributed by atoms with Crippen LogP contribution in [0.25, 0.3) is 0 Å². The summed E-state index contributed by atoms with van der Waals surface area (Å²) in [5.41, 5.74) is 6.20. The molecule has 0 amide bonds. The van der Waals surface area contributed by atoms with E-state index in [1.54, 1.807) is 0 Å². The quantitative estimate of drug-likeness (QED) is 0.776. The van der Waals surface area contributed by atoms with E-state index in [0.717, 1.165) is 12.5 Å². The Kier molecular flexibility index (Phi) is 5.62.